The zero-order valence-electron chi connectivity index (χ0n) is 8.76. The highest BCUT2D eigenvalue weighted by molar-refractivity contribution is 4.89. The van der Waals surface area contributed by atoms with Crippen LogP contribution in [0.15, 0.2) is 0 Å². The first kappa shape index (κ1) is 9.47. The van der Waals surface area contributed by atoms with Gasteiger partial charge in [-0.25, -0.2) is 0 Å². The van der Waals surface area contributed by atoms with Crippen LogP contribution >= 0.6 is 0 Å². The largest absolute Gasteiger partial charge is 0.314 e. The van der Waals surface area contributed by atoms with E-state index in [4.69, 9.17) is 0 Å². The van der Waals surface area contributed by atoms with E-state index in [-0.39, 0.29) is 0 Å². The fourth-order valence-corrected chi connectivity index (χ4v) is 2.45. The summed E-state index contributed by atoms with van der Waals surface area (Å²) >= 11 is 0. The van der Waals surface area contributed by atoms with Crippen molar-refractivity contribution in [3.8, 4) is 0 Å². The standard InChI is InChI=1S/C11H22N2/c1-2-3-4-10-5-6-13(9-10)11-7-12-8-11/h10-12H,2-9H2,1H3/t10-/m1/s1. The molecule has 2 heterocycles. The Bertz CT molecular complexity index is 154. The van der Waals surface area contributed by atoms with E-state index in [0.29, 0.717) is 0 Å². The van der Waals surface area contributed by atoms with Gasteiger partial charge in [-0.1, -0.05) is 19.8 Å². The maximum Gasteiger partial charge on any atom is 0.0345 e. The number of nitrogens with one attached hydrogen (secondary N) is 1. The summed E-state index contributed by atoms with van der Waals surface area (Å²) in [6.45, 7) is 7.51. The van der Waals surface area contributed by atoms with E-state index >= 15 is 0 Å². The Morgan fingerprint density at radius 3 is 2.85 bits per heavy atom. The average Bonchev–Trinajstić information content (AvgIpc) is 2.46. The summed E-state index contributed by atoms with van der Waals surface area (Å²) in [5.41, 5.74) is 0. The van der Waals surface area contributed by atoms with Crippen LogP contribution in [-0.4, -0.2) is 37.1 Å². The van der Waals surface area contributed by atoms with Crippen LogP contribution in [0.2, 0.25) is 0 Å². The van der Waals surface area contributed by atoms with Crippen LogP contribution in [0, 0.1) is 5.92 Å². The highest BCUT2D eigenvalue weighted by Crippen LogP contribution is 2.24. The van der Waals surface area contributed by atoms with Crippen molar-refractivity contribution >= 4 is 0 Å². The molecule has 0 saturated carbocycles. The van der Waals surface area contributed by atoms with Crippen LogP contribution < -0.4 is 5.32 Å². The van der Waals surface area contributed by atoms with Crippen LogP contribution in [0.5, 0.6) is 0 Å². The van der Waals surface area contributed by atoms with Gasteiger partial charge in [-0.05, 0) is 25.3 Å². The van der Waals surface area contributed by atoms with Gasteiger partial charge in [0.25, 0.3) is 0 Å². The normalized spacial score (nSPS) is 30.7. The molecule has 2 aliphatic rings. The Morgan fingerprint density at radius 1 is 1.38 bits per heavy atom. The molecule has 0 bridgehead atoms. The Kier molecular flexibility index (Phi) is 3.23. The van der Waals surface area contributed by atoms with Crippen molar-refractivity contribution < 1.29 is 0 Å². The van der Waals surface area contributed by atoms with Crippen LogP contribution in [0.3, 0.4) is 0 Å². The molecule has 2 aliphatic heterocycles. The molecule has 1 atom stereocenters. The molecule has 2 saturated heterocycles. The van der Waals surface area contributed by atoms with Gasteiger partial charge in [0.15, 0.2) is 0 Å². The fourth-order valence-electron chi connectivity index (χ4n) is 2.45. The van der Waals surface area contributed by atoms with Gasteiger partial charge in [0, 0.05) is 25.7 Å². The first-order valence-electron chi connectivity index (χ1n) is 5.85. The van der Waals surface area contributed by atoms with Gasteiger partial charge in [-0.3, -0.25) is 4.90 Å². The second-order valence-electron chi connectivity index (χ2n) is 4.60. The third kappa shape index (κ3) is 2.23. The molecular weight excluding hydrogens is 160 g/mol. The summed E-state index contributed by atoms with van der Waals surface area (Å²) in [4.78, 5) is 2.69. The topological polar surface area (TPSA) is 15.3 Å². The van der Waals surface area contributed by atoms with Gasteiger partial charge in [0.05, 0.1) is 0 Å². The quantitative estimate of drug-likeness (QED) is 0.708. The smallest absolute Gasteiger partial charge is 0.0345 e. The number of likely N-dealkylation sites (tertiary alicyclic amines) is 1. The van der Waals surface area contributed by atoms with Gasteiger partial charge >= 0.3 is 0 Å². The van der Waals surface area contributed by atoms with Gasteiger partial charge in [0.2, 0.25) is 0 Å². The van der Waals surface area contributed by atoms with Crippen molar-refractivity contribution in [1.29, 1.82) is 0 Å². The minimum absolute atomic E-state index is 0.881. The zero-order chi connectivity index (χ0) is 9.10. The third-order valence-electron chi connectivity index (χ3n) is 3.56. The van der Waals surface area contributed by atoms with E-state index in [1.807, 2.05) is 0 Å². The number of nitrogens with zero attached hydrogens (tertiary/aromatic N) is 1. The summed E-state index contributed by atoms with van der Waals surface area (Å²) in [7, 11) is 0. The molecule has 2 fully saturated rings. The Balaban J connectivity index is 1.67. The monoisotopic (exact) mass is 182 g/mol. The Hall–Kier alpha value is -0.0800. The predicted molar refractivity (Wildman–Crippen MR) is 55.9 cm³/mol. The molecule has 0 aromatic heterocycles. The lowest BCUT2D eigenvalue weighted by molar-refractivity contribution is 0.172. The van der Waals surface area contributed by atoms with Crippen molar-refractivity contribution in [3.05, 3.63) is 0 Å². The van der Waals surface area contributed by atoms with Crippen LogP contribution in [0.25, 0.3) is 0 Å². The highest BCUT2D eigenvalue weighted by Gasteiger charge is 2.30. The lowest BCUT2D eigenvalue weighted by Gasteiger charge is -2.35. The molecule has 1 N–H and O–H groups in total. The van der Waals surface area contributed by atoms with E-state index in [1.165, 1.54) is 51.9 Å². The first-order valence-corrected chi connectivity index (χ1v) is 5.85. The van der Waals surface area contributed by atoms with E-state index in [1.54, 1.807) is 0 Å². The summed E-state index contributed by atoms with van der Waals surface area (Å²) in [5.74, 6) is 1.01. The van der Waals surface area contributed by atoms with Crippen molar-refractivity contribution in [1.82, 2.24) is 10.2 Å². The van der Waals surface area contributed by atoms with E-state index in [2.05, 4.69) is 17.1 Å². The van der Waals surface area contributed by atoms with Crippen LogP contribution in [0.1, 0.15) is 32.6 Å². The van der Waals surface area contributed by atoms with E-state index < -0.39 is 0 Å². The van der Waals surface area contributed by atoms with Crippen molar-refractivity contribution in [2.45, 2.75) is 38.6 Å². The van der Waals surface area contributed by atoms with Gasteiger partial charge < -0.3 is 5.32 Å². The molecule has 0 aliphatic carbocycles. The van der Waals surface area contributed by atoms with Gasteiger partial charge in [-0.15, -0.1) is 0 Å². The molecule has 2 rings (SSSR count). The Labute approximate surface area is 81.7 Å². The van der Waals surface area contributed by atoms with Crippen molar-refractivity contribution in [2.24, 2.45) is 5.92 Å². The van der Waals surface area contributed by atoms with Gasteiger partial charge in [-0.2, -0.15) is 0 Å². The van der Waals surface area contributed by atoms with Crippen LogP contribution in [0.4, 0.5) is 0 Å². The number of hydrogen-bond acceptors (Lipinski definition) is 2. The number of unbranched alkanes of at least 4 members (excludes halogenated alkanes) is 1. The van der Waals surface area contributed by atoms with Crippen LogP contribution in [-0.2, 0) is 0 Å². The summed E-state index contributed by atoms with van der Waals surface area (Å²) in [5, 5.41) is 3.35. The molecule has 0 radical (unpaired) electrons. The second kappa shape index (κ2) is 4.43. The SMILES string of the molecule is CCCC[C@@H]1CCN(C2CNC2)C1. The lowest BCUT2D eigenvalue weighted by Crippen LogP contribution is -2.56. The lowest BCUT2D eigenvalue weighted by atomic mass is 10.0. The summed E-state index contributed by atoms with van der Waals surface area (Å²) in [6.07, 6.45) is 5.71. The summed E-state index contributed by atoms with van der Waals surface area (Å²) in [6, 6.07) is 0.881. The maximum atomic E-state index is 3.35. The number of hydrogen-bond donors (Lipinski definition) is 1. The van der Waals surface area contributed by atoms with Crippen molar-refractivity contribution in [2.75, 3.05) is 26.2 Å². The fraction of sp³-hybridized carbons (Fsp3) is 1.00. The Morgan fingerprint density at radius 2 is 2.23 bits per heavy atom. The highest BCUT2D eigenvalue weighted by atomic mass is 15.2. The molecule has 76 valence electrons. The molecule has 2 nitrogen and oxygen atoms in total. The minimum Gasteiger partial charge on any atom is -0.314 e. The predicted octanol–water partition coefficient (Wildman–Crippen LogP) is 1.47. The molecule has 0 aromatic rings. The number of rotatable bonds is 4. The van der Waals surface area contributed by atoms with Crippen molar-refractivity contribution in [3.63, 3.8) is 0 Å². The van der Waals surface area contributed by atoms with Gasteiger partial charge in [0.1, 0.15) is 0 Å². The molecule has 0 amide bonds. The second-order valence-corrected chi connectivity index (χ2v) is 4.60. The molecule has 0 unspecified atom stereocenters. The zero-order valence-corrected chi connectivity index (χ0v) is 8.76. The molecule has 13 heavy (non-hydrogen) atoms. The minimum atomic E-state index is 0.881. The molecular formula is C11H22N2. The molecule has 0 aromatic carbocycles. The molecule has 0 spiro atoms. The summed E-state index contributed by atoms with van der Waals surface area (Å²) < 4.78 is 0. The first-order chi connectivity index (χ1) is 6.40. The maximum absolute atomic E-state index is 3.35. The van der Waals surface area contributed by atoms with E-state index in [9.17, 15) is 0 Å². The third-order valence-corrected chi connectivity index (χ3v) is 3.56. The molecule has 2 heteroatoms. The van der Waals surface area contributed by atoms with E-state index in [0.717, 1.165) is 12.0 Å². The average molecular weight is 182 g/mol.